The molecule has 0 saturated carbocycles. The highest BCUT2D eigenvalue weighted by Crippen LogP contribution is 2.35. The second-order valence-electron chi connectivity index (χ2n) is 13.8. The lowest BCUT2D eigenvalue weighted by Crippen LogP contribution is -2.74. The average molecular weight is 485 g/mol. The van der Waals surface area contributed by atoms with Crippen LogP contribution in [0.15, 0.2) is 24.3 Å². The van der Waals surface area contributed by atoms with Gasteiger partial charge in [0.2, 0.25) is 0 Å². The maximum absolute atomic E-state index is 12.6. The zero-order valence-electron chi connectivity index (χ0n) is 22.9. The molecular formula is C30H50N3O2+3. The van der Waals surface area contributed by atoms with Crippen LogP contribution in [0.4, 0.5) is 0 Å². The summed E-state index contributed by atoms with van der Waals surface area (Å²) in [6.45, 7) is 24.7. The third kappa shape index (κ3) is 5.47. The maximum Gasteiger partial charge on any atom is 0.338 e. The van der Waals surface area contributed by atoms with Crippen LogP contribution in [-0.2, 0) is 11.3 Å². The van der Waals surface area contributed by atoms with Gasteiger partial charge in [0.05, 0.1) is 38.3 Å². The molecule has 0 aliphatic carbocycles. The molecule has 5 heteroatoms. The predicted octanol–water partition coefficient (Wildman–Crippen LogP) is 4.46. The summed E-state index contributed by atoms with van der Waals surface area (Å²) in [4.78, 5) is 12.6. The fourth-order valence-corrected chi connectivity index (χ4v) is 7.27. The molecule has 1 aromatic rings. The number of hydrogen-bond acceptors (Lipinski definition) is 2. The highest BCUT2D eigenvalue weighted by atomic mass is 16.5. The van der Waals surface area contributed by atoms with Crippen LogP contribution in [0.5, 0.6) is 0 Å². The molecule has 0 unspecified atom stereocenters. The number of carbonyl (C=O) groups excluding carboxylic acids is 1. The first-order chi connectivity index (χ1) is 16.6. The number of fused-ring (bicyclic) bond motifs is 6. The molecule has 6 aliphatic heterocycles. The molecule has 5 nitrogen and oxygen atoms in total. The molecule has 0 N–H and O–H groups in total. The van der Waals surface area contributed by atoms with Gasteiger partial charge in [-0.2, -0.15) is 0 Å². The van der Waals surface area contributed by atoms with Gasteiger partial charge in [-0.05, 0) is 49.7 Å². The van der Waals surface area contributed by atoms with Gasteiger partial charge in [-0.15, -0.1) is 0 Å². The Morgan fingerprint density at radius 1 is 0.829 bits per heavy atom. The van der Waals surface area contributed by atoms with Crippen LogP contribution in [0, 0.1) is 11.3 Å². The molecular weight excluding hydrogens is 434 g/mol. The monoisotopic (exact) mass is 484 g/mol. The smallest absolute Gasteiger partial charge is 0.338 e. The number of quaternary nitrogens is 3. The maximum atomic E-state index is 12.6. The third-order valence-electron chi connectivity index (χ3n) is 10.7. The van der Waals surface area contributed by atoms with Crippen molar-refractivity contribution < 1.29 is 23.0 Å². The quantitative estimate of drug-likeness (QED) is 0.402. The van der Waals surface area contributed by atoms with Gasteiger partial charge in [-0.25, -0.2) is 4.79 Å². The Labute approximate surface area is 213 Å². The number of hydrogen-bond donors (Lipinski definition) is 0. The van der Waals surface area contributed by atoms with E-state index in [1.807, 2.05) is 19.1 Å². The number of piperazine rings is 3. The van der Waals surface area contributed by atoms with Gasteiger partial charge in [0.1, 0.15) is 51.9 Å². The molecule has 0 radical (unpaired) electrons. The Morgan fingerprint density at radius 3 is 1.83 bits per heavy atom. The number of ether oxygens (including phenoxy) is 1. The lowest BCUT2D eigenvalue weighted by Gasteiger charge is -2.56. The van der Waals surface area contributed by atoms with E-state index in [0.717, 1.165) is 12.5 Å². The SMILES string of the molecule is C[C@@H](OC(=O)c1ccc(C[N+]23CC[N+](CCC[N+]45CCC(CC4)CC5)(CC2)CC3)cc1)C(C)(C)C. The number of piperidine rings is 3. The first-order valence-corrected chi connectivity index (χ1v) is 14.5. The van der Waals surface area contributed by atoms with Gasteiger partial charge < -0.3 is 18.2 Å². The van der Waals surface area contributed by atoms with E-state index >= 15 is 0 Å². The number of rotatable bonds is 8. The topological polar surface area (TPSA) is 26.3 Å². The highest BCUT2D eigenvalue weighted by molar-refractivity contribution is 5.89. The molecule has 194 valence electrons. The second kappa shape index (κ2) is 9.46. The molecule has 4 bridgehead atoms. The highest BCUT2D eigenvalue weighted by Gasteiger charge is 2.49. The van der Waals surface area contributed by atoms with Crippen molar-refractivity contribution in [2.45, 2.75) is 66.0 Å². The van der Waals surface area contributed by atoms with Gasteiger partial charge in [0.15, 0.2) is 0 Å². The van der Waals surface area contributed by atoms with Crippen LogP contribution < -0.4 is 0 Å². The molecule has 6 saturated heterocycles. The first-order valence-electron chi connectivity index (χ1n) is 14.5. The standard InChI is InChI=1S/C30H50N3O2/c1-25(30(2,3)4)35-29(34)28-8-6-27(7-9-28)24-33-21-18-32(19-22-33,20-23-33)14-5-13-31-15-10-26(11-16-31)12-17-31/h6-9,25-26H,5,10-24H2,1-4H3/q+3/t25-,26?,31?,32?,33?/m1/s1. The number of benzene rings is 1. The normalized spacial score (nSPS) is 35.1. The van der Waals surface area contributed by atoms with Crippen molar-refractivity contribution in [1.82, 2.24) is 0 Å². The minimum Gasteiger partial charge on any atom is -0.459 e. The Balaban J connectivity index is 1.10. The average Bonchev–Trinajstić information content (AvgIpc) is 2.86. The minimum absolute atomic E-state index is 0.0455. The molecule has 1 atom stereocenters. The Hall–Kier alpha value is -1.43. The molecule has 6 aliphatic rings. The number of nitrogens with zero attached hydrogens (tertiary/aromatic N) is 3. The molecule has 6 heterocycles. The summed E-state index contributed by atoms with van der Waals surface area (Å²) >= 11 is 0. The van der Waals surface area contributed by atoms with Crippen molar-refractivity contribution in [3.05, 3.63) is 35.4 Å². The summed E-state index contributed by atoms with van der Waals surface area (Å²) in [6, 6.07) is 8.26. The summed E-state index contributed by atoms with van der Waals surface area (Å²) in [5, 5.41) is 0. The molecule has 6 fully saturated rings. The minimum atomic E-state index is -0.205. The van der Waals surface area contributed by atoms with E-state index in [4.69, 9.17) is 4.74 Å². The molecule has 7 rings (SSSR count). The predicted molar refractivity (Wildman–Crippen MR) is 141 cm³/mol. The Morgan fingerprint density at radius 2 is 1.31 bits per heavy atom. The lowest BCUT2D eigenvalue weighted by molar-refractivity contribution is -1.09. The first kappa shape index (κ1) is 25.2. The van der Waals surface area contributed by atoms with Crippen LogP contribution in [0.1, 0.15) is 69.3 Å². The van der Waals surface area contributed by atoms with Crippen LogP contribution in [0.2, 0.25) is 0 Å². The van der Waals surface area contributed by atoms with Crippen LogP contribution in [-0.4, -0.2) is 97.5 Å². The molecule has 35 heavy (non-hydrogen) atoms. The van der Waals surface area contributed by atoms with Crippen molar-refractivity contribution in [2.75, 3.05) is 72.0 Å². The van der Waals surface area contributed by atoms with Crippen molar-refractivity contribution in [3.63, 3.8) is 0 Å². The van der Waals surface area contributed by atoms with E-state index in [2.05, 4.69) is 32.9 Å². The third-order valence-corrected chi connectivity index (χ3v) is 10.7. The van der Waals surface area contributed by atoms with Crippen LogP contribution in [0.25, 0.3) is 0 Å². The van der Waals surface area contributed by atoms with Gasteiger partial charge in [0, 0.05) is 12.0 Å². The molecule has 0 amide bonds. The summed E-state index contributed by atoms with van der Waals surface area (Å²) in [5.41, 5.74) is 1.98. The van der Waals surface area contributed by atoms with Crippen molar-refractivity contribution in [2.24, 2.45) is 11.3 Å². The van der Waals surface area contributed by atoms with Gasteiger partial charge in [0.25, 0.3) is 0 Å². The van der Waals surface area contributed by atoms with Gasteiger partial charge in [-0.1, -0.05) is 32.9 Å². The van der Waals surface area contributed by atoms with E-state index < -0.39 is 0 Å². The zero-order chi connectivity index (χ0) is 24.7. The van der Waals surface area contributed by atoms with E-state index in [-0.39, 0.29) is 17.5 Å². The fourth-order valence-electron chi connectivity index (χ4n) is 7.27. The number of carbonyl (C=O) groups is 1. The van der Waals surface area contributed by atoms with E-state index in [0.29, 0.717) is 5.56 Å². The van der Waals surface area contributed by atoms with Crippen LogP contribution in [0.3, 0.4) is 0 Å². The summed E-state index contributed by atoms with van der Waals surface area (Å²) < 4.78 is 9.77. The fraction of sp³-hybridized carbons (Fsp3) is 0.767. The molecule has 0 spiro atoms. The van der Waals surface area contributed by atoms with Crippen LogP contribution >= 0.6 is 0 Å². The Bertz CT molecular complexity index is 857. The second-order valence-corrected chi connectivity index (χ2v) is 13.8. The Kier molecular flexibility index (Phi) is 6.82. The van der Waals surface area contributed by atoms with Gasteiger partial charge in [-0.3, -0.25) is 0 Å². The zero-order valence-corrected chi connectivity index (χ0v) is 22.9. The number of esters is 1. The van der Waals surface area contributed by atoms with E-state index in [9.17, 15) is 4.79 Å². The van der Waals surface area contributed by atoms with E-state index in [1.54, 1.807) is 0 Å². The van der Waals surface area contributed by atoms with Crippen molar-refractivity contribution in [1.29, 1.82) is 0 Å². The van der Waals surface area contributed by atoms with Crippen molar-refractivity contribution in [3.8, 4) is 0 Å². The molecule has 0 aromatic heterocycles. The van der Waals surface area contributed by atoms with Gasteiger partial charge >= 0.3 is 5.97 Å². The summed E-state index contributed by atoms with van der Waals surface area (Å²) in [6.07, 6.45) is 5.81. The van der Waals surface area contributed by atoms with E-state index in [1.165, 1.54) is 117 Å². The van der Waals surface area contributed by atoms with Crippen molar-refractivity contribution >= 4 is 5.97 Å². The summed E-state index contributed by atoms with van der Waals surface area (Å²) in [7, 11) is 0. The summed E-state index contributed by atoms with van der Waals surface area (Å²) in [5.74, 6) is 0.859. The molecule has 1 aromatic carbocycles. The lowest BCUT2D eigenvalue weighted by atomic mass is 9.85. The largest absolute Gasteiger partial charge is 0.459 e.